The molecule has 18 heavy (non-hydrogen) atoms. The van der Waals surface area contributed by atoms with E-state index in [4.69, 9.17) is 19.2 Å². The number of hydrogen-bond donors (Lipinski definition) is 3. The van der Waals surface area contributed by atoms with E-state index in [9.17, 15) is 30.7 Å². The molecule has 0 heterocycles. The van der Waals surface area contributed by atoms with Crippen LogP contribution in [0, 0.1) is 0 Å². The van der Waals surface area contributed by atoms with Gasteiger partial charge in [-0.1, -0.05) is 12.7 Å². The summed E-state index contributed by atoms with van der Waals surface area (Å²) in [6, 6.07) is 0. The Bertz CT molecular complexity index is 307. The molecule has 3 N–H and O–H groups in total. The molecule has 0 fully saturated rings. The standard InChI is InChI=1S/C6H5F7.H3O4P/c1-2-3(7)5(10,11)6(12,13)4(8)9;1-5(2,3)4/h2-4H,1H2;(H3,1,2,3,4). The molecule has 12 heteroatoms. The van der Waals surface area contributed by atoms with Gasteiger partial charge in [-0.2, -0.15) is 17.6 Å². The number of halogens is 7. The maximum absolute atomic E-state index is 12.2. The lowest BCUT2D eigenvalue weighted by atomic mass is 10.1. The predicted molar refractivity (Wildman–Crippen MR) is 45.3 cm³/mol. The number of alkyl halides is 7. The molecule has 1 unspecified atom stereocenters. The third kappa shape index (κ3) is 6.34. The molecular weight excluding hydrogens is 300 g/mol. The molecule has 110 valence electrons. The maximum atomic E-state index is 12.2. The zero-order valence-corrected chi connectivity index (χ0v) is 9.18. The highest BCUT2D eigenvalue weighted by atomic mass is 31.2. The van der Waals surface area contributed by atoms with E-state index in [0.717, 1.165) is 0 Å². The summed E-state index contributed by atoms with van der Waals surface area (Å²) in [6.07, 6.45) is -8.28. The topological polar surface area (TPSA) is 77.8 Å². The maximum Gasteiger partial charge on any atom is 0.466 e. The van der Waals surface area contributed by atoms with Crippen LogP contribution in [0.3, 0.4) is 0 Å². The van der Waals surface area contributed by atoms with Crippen molar-refractivity contribution in [2.75, 3.05) is 0 Å². The lowest BCUT2D eigenvalue weighted by Gasteiger charge is -2.26. The second-order valence-electron chi connectivity index (χ2n) is 2.70. The van der Waals surface area contributed by atoms with Crippen molar-refractivity contribution < 1.29 is 50.0 Å². The fourth-order valence-electron chi connectivity index (χ4n) is 0.477. The smallest absolute Gasteiger partial charge is 0.303 e. The summed E-state index contributed by atoms with van der Waals surface area (Å²) in [5, 5.41) is 0. The van der Waals surface area contributed by atoms with Crippen LogP contribution in [0.5, 0.6) is 0 Å². The van der Waals surface area contributed by atoms with Crippen LogP contribution in [0.4, 0.5) is 30.7 Å². The molecule has 4 nitrogen and oxygen atoms in total. The van der Waals surface area contributed by atoms with Crippen LogP contribution < -0.4 is 0 Å². The highest BCUT2D eigenvalue weighted by molar-refractivity contribution is 7.45. The van der Waals surface area contributed by atoms with Crippen LogP contribution in [0.2, 0.25) is 0 Å². The van der Waals surface area contributed by atoms with Crippen molar-refractivity contribution >= 4 is 7.82 Å². The van der Waals surface area contributed by atoms with Crippen LogP contribution >= 0.6 is 7.82 Å². The van der Waals surface area contributed by atoms with Crippen LogP contribution in [-0.2, 0) is 4.57 Å². The monoisotopic (exact) mass is 308 g/mol. The highest BCUT2D eigenvalue weighted by Gasteiger charge is 2.66. The van der Waals surface area contributed by atoms with Gasteiger partial charge in [-0.25, -0.2) is 17.7 Å². The Hall–Kier alpha value is -0.640. The van der Waals surface area contributed by atoms with Gasteiger partial charge in [-0.05, 0) is 0 Å². The third-order valence-corrected chi connectivity index (χ3v) is 1.27. The summed E-state index contributed by atoms with van der Waals surface area (Å²) in [5.74, 6) is -11.1. The number of rotatable bonds is 4. The van der Waals surface area contributed by atoms with Gasteiger partial charge in [0.15, 0.2) is 6.17 Å². The molecular formula is C6H8F7O4P. The average Bonchev–Trinajstić information content (AvgIpc) is 2.13. The van der Waals surface area contributed by atoms with E-state index in [2.05, 4.69) is 6.58 Å². The Morgan fingerprint density at radius 2 is 1.28 bits per heavy atom. The first-order chi connectivity index (χ1) is 7.67. The van der Waals surface area contributed by atoms with Gasteiger partial charge in [0.1, 0.15) is 0 Å². The minimum absolute atomic E-state index is 0.156. The Kier molecular flexibility index (Phi) is 7.12. The minimum atomic E-state index is -5.69. The van der Waals surface area contributed by atoms with E-state index in [-0.39, 0.29) is 6.08 Å². The molecule has 0 aromatic carbocycles. The number of allylic oxidation sites excluding steroid dienone is 1. The molecule has 0 amide bonds. The molecule has 0 saturated heterocycles. The van der Waals surface area contributed by atoms with Crippen molar-refractivity contribution in [2.45, 2.75) is 24.4 Å². The van der Waals surface area contributed by atoms with E-state index in [1.54, 1.807) is 0 Å². The lowest BCUT2D eigenvalue weighted by Crippen LogP contribution is -2.51. The Labute approximate surface area is 96.0 Å². The first-order valence-electron chi connectivity index (χ1n) is 3.76. The third-order valence-electron chi connectivity index (χ3n) is 1.27. The zero-order valence-electron chi connectivity index (χ0n) is 8.28. The zero-order chi connectivity index (χ0) is 15.4. The molecule has 0 rings (SSSR count). The summed E-state index contributed by atoms with van der Waals surface area (Å²) < 4.78 is 92.0. The molecule has 0 aromatic heterocycles. The van der Waals surface area contributed by atoms with Gasteiger partial charge in [0.25, 0.3) is 0 Å². The Morgan fingerprint density at radius 3 is 1.44 bits per heavy atom. The summed E-state index contributed by atoms with van der Waals surface area (Å²) in [6.45, 7) is 2.47. The Morgan fingerprint density at radius 1 is 1.00 bits per heavy atom. The Balaban J connectivity index is 0. The summed E-state index contributed by atoms with van der Waals surface area (Å²) in [5.41, 5.74) is 0. The SMILES string of the molecule is C=CC(F)C(F)(F)C(F)(F)C(F)F.O=P(O)(O)O. The molecule has 0 aliphatic carbocycles. The molecule has 0 spiro atoms. The van der Waals surface area contributed by atoms with Crippen molar-refractivity contribution in [3.8, 4) is 0 Å². The van der Waals surface area contributed by atoms with Crippen LogP contribution in [-0.4, -0.2) is 39.1 Å². The van der Waals surface area contributed by atoms with Gasteiger partial charge < -0.3 is 14.7 Å². The second kappa shape index (κ2) is 6.50. The summed E-state index contributed by atoms with van der Waals surface area (Å²) in [7, 11) is -4.64. The number of phosphoric acid groups is 1. The van der Waals surface area contributed by atoms with E-state index in [1.165, 1.54) is 0 Å². The van der Waals surface area contributed by atoms with Crippen LogP contribution in [0.25, 0.3) is 0 Å². The van der Waals surface area contributed by atoms with E-state index in [1.807, 2.05) is 0 Å². The van der Waals surface area contributed by atoms with Gasteiger partial charge in [0, 0.05) is 0 Å². The predicted octanol–water partition coefficient (Wildman–Crippen LogP) is 2.12. The molecule has 1 atom stereocenters. The van der Waals surface area contributed by atoms with Crippen molar-refractivity contribution in [3.63, 3.8) is 0 Å². The molecule has 0 aliphatic heterocycles. The second-order valence-corrected chi connectivity index (χ2v) is 3.72. The van der Waals surface area contributed by atoms with Crippen LogP contribution in [0.15, 0.2) is 12.7 Å². The molecule has 0 aromatic rings. The molecule has 0 aliphatic rings. The highest BCUT2D eigenvalue weighted by Crippen LogP contribution is 2.42. The van der Waals surface area contributed by atoms with Crippen molar-refractivity contribution in [2.24, 2.45) is 0 Å². The van der Waals surface area contributed by atoms with E-state index < -0.39 is 32.3 Å². The van der Waals surface area contributed by atoms with E-state index in [0.29, 0.717) is 0 Å². The quantitative estimate of drug-likeness (QED) is 0.422. The van der Waals surface area contributed by atoms with Gasteiger partial charge >= 0.3 is 26.1 Å². The average molecular weight is 308 g/mol. The van der Waals surface area contributed by atoms with Gasteiger partial charge in [-0.3, -0.25) is 0 Å². The summed E-state index contributed by atoms with van der Waals surface area (Å²) in [4.78, 5) is 21.6. The first kappa shape index (κ1) is 19.7. The first-order valence-corrected chi connectivity index (χ1v) is 5.33. The fourth-order valence-corrected chi connectivity index (χ4v) is 0.477. The number of hydrogen-bond acceptors (Lipinski definition) is 1. The van der Waals surface area contributed by atoms with Gasteiger partial charge in [-0.15, -0.1) is 0 Å². The molecule has 0 saturated carbocycles. The minimum Gasteiger partial charge on any atom is -0.303 e. The van der Waals surface area contributed by atoms with Crippen molar-refractivity contribution in [1.82, 2.24) is 0 Å². The van der Waals surface area contributed by atoms with Crippen molar-refractivity contribution in [3.05, 3.63) is 12.7 Å². The van der Waals surface area contributed by atoms with Gasteiger partial charge in [0.05, 0.1) is 0 Å². The van der Waals surface area contributed by atoms with Crippen LogP contribution in [0.1, 0.15) is 0 Å². The van der Waals surface area contributed by atoms with E-state index >= 15 is 0 Å². The fraction of sp³-hybridized carbons (Fsp3) is 0.667. The van der Waals surface area contributed by atoms with Gasteiger partial charge in [0.2, 0.25) is 0 Å². The molecule has 0 bridgehead atoms. The summed E-state index contributed by atoms with van der Waals surface area (Å²) >= 11 is 0. The molecule has 0 radical (unpaired) electrons. The lowest BCUT2D eigenvalue weighted by molar-refractivity contribution is -0.278. The van der Waals surface area contributed by atoms with Crippen molar-refractivity contribution in [1.29, 1.82) is 0 Å². The largest absolute Gasteiger partial charge is 0.466 e. The normalized spacial score (nSPS) is 14.8.